The molecular weight excluding hydrogens is 457 g/mol. The van der Waals surface area contributed by atoms with Crippen molar-refractivity contribution in [3.8, 4) is 5.75 Å². The predicted octanol–water partition coefficient (Wildman–Crippen LogP) is 3.65. The Bertz CT molecular complexity index is 822. The van der Waals surface area contributed by atoms with Crippen molar-refractivity contribution < 1.29 is 20.8 Å². The predicted molar refractivity (Wildman–Crippen MR) is 106 cm³/mol. The van der Waals surface area contributed by atoms with Gasteiger partial charge in [-0.25, -0.2) is 0 Å². The Kier molecular flexibility index (Phi) is 6.68. The van der Waals surface area contributed by atoms with Crippen LogP contribution in [0, 0.1) is 3.57 Å². The minimum atomic E-state index is -4.63. The van der Waals surface area contributed by atoms with E-state index in [1.54, 1.807) is 42.5 Å². The van der Waals surface area contributed by atoms with Crippen LogP contribution in [0.3, 0.4) is 0 Å². The molecule has 0 aliphatic carbocycles. The molecule has 134 valence electrons. The third-order valence-electron chi connectivity index (χ3n) is 3.18. The van der Waals surface area contributed by atoms with E-state index in [1.165, 1.54) is 20.1 Å². The van der Waals surface area contributed by atoms with E-state index in [2.05, 4.69) is 3.53 Å². The molecule has 0 bridgehead atoms. The molecule has 0 spiro atoms. The molecule has 2 N–H and O–H groups in total. The third kappa shape index (κ3) is 5.62. The van der Waals surface area contributed by atoms with E-state index in [1.807, 2.05) is 0 Å². The van der Waals surface area contributed by atoms with Crippen LogP contribution in [0.5, 0.6) is 5.75 Å². The van der Waals surface area contributed by atoms with Gasteiger partial charge in [0.2, 0.25) is 0 Å². The first-order chi connectivity index (χ1) is 11.8. The topological polar surface area (TPSA) is 92.7 Å². The number of nitrogens with one attached hydrogen (secondary N) is 1. The number of hydrogen-bond donors (Lipinski definition) is 2. The van der Waals surface area contributed by atoms with Gasteiger partial charge in [0, 0.05) is 0 Å². The van der Waals surface area contributed by atoms with Crippen molar-refractivity contribution in [2.75, 3.05) is 16.4 Å². The first-order valence-corrected chi connectivity index (χ1v) is 12.2. The molecule has 2 rings (SSSR count). The number of ether oxygens (including phenoxy) is 1. The molecule has 0 fully saturated rings. The Hall–Kier alpha value is -1.78. The van der Waals surface area contributed by atoms with Crippen LogP contribution in [0.15, 0.2) is 48.5 Å². The summed E-state index contributed by atoms with van der Waals surface area (Å²) in [6, 6.07) is 12.7. The summed E-state index contributed by atoms with van der Waals surface area (Å²) in [4.78, 5) is 22.8. The molecule has 6 nitrogen and oxygen atoms in total. The van der Waals surface area contributed by atoms with E-state index < -0.39 is 19.1 Å². The van der Waals surface area contributed by atoms with Crippen molar-refractivity contribution in [2.24, 2.45) is 0 Å². The van der Waals surface area contributed by atoms with Crippen LogP contribution >= 0.6 is 30.9 Å². The van der Waals surface area contributed by atoms with Crippen LogP contribution in [0.4, 0.5) is 5.69 Å². The zero-order chi connectivity index (χ0) is 18.4. The average Bonchev–Trinajstić information content (AvgIpc) is 2.60. The number of rotatable bonds is 7. The van der Waals surface area contributed by atoms with Gasteiger partial charge in [0.15, 0.2) is 0 Å². The Morgan fingerprint density at radius 2 is 1.88 bits per heavy atom. The van der Waals surface area contributed by atoms with Crippen molar-refractivity contribution in [1.29, 1.82) is 0 Å². The third-order valence-corrected chi connectivity index (χ3v) is 7.70. The van der Waals surface area contributed by atoms with E-state index in [0.29, 0.717) is 17.0 Å². The second-order valence-corrected chi connectivity index (χ2v) is 10.7. The number of methoxy groups -OCH3 is 1. The fourth-order valence-corrected chi connectivity index (χ4v) is 5.37. The molecule has 2 aromatic rings. The Morgan fingerprint density at radius 1 is 1.20 bits per heavy atom. The van der Waals surface area contributed by atoms with E-state index in [9.17, 15) is 16.1 Å². The van der Waals surface area contributed by atoms with Crippen LogP contribution in [0.2, 0.25) is 0 Å². The quantitative estimate of drug-likeness (QED) is 0.359. The SMILES string of the molecule is COc1cccc(I(=O)(O)Nc2ccc(C(=O)CSC(C)=O)cc2)c1. The van der Waals surface area contributed by atoms with Crippen molar-refractivity contribution in [2.45, 2.75) is 6.92 Å². The number of benzene rings is 2. The minimum absolute atomic E-state index is 0.0781. The number of carbonyl (C=O) groups excluding carboxylic acids is 2. The molecule has 25 heavy (non-hydrogen) atoms. The fraction of sp³-hybridized carbons (Fsp3) is 0.176. The summed E-state index contributed by atoms with van der Waals surface area (Å²) in [7, 11) is 1.49. The molecule has 0 saturated carbocycles. The molecule has 0 saturated heterocycles. The number of anilines is 1. The van der Waals surface area contributed by atoms with Crippen molar-refractivity contribution >= 4 is 47.5 Å². The fourth-order valence-electron chi connectivity index (χ4n) is 1.93. The standard InChI is InChI=1S/C17H18INO5S/c1-12(20)25-11-17(21)13-6-8-15(9-7-13)19-18(22,23)14-4-3-5-16(10-14)24-2/h3-10H,11H2,1-2H3,(H2,19,22,23). The van der Waals surface area contributed by atoms with E-state index >= 15 is 0 Å². The Labute approximate surface area is 154 Å². The number of ketones is 1. The monoisotopic (exact) mass is 475 g/mol. The molecular formula is C17H18INO5S. The molecule has 0 amide bonds. The summed E-state index contributed by atoms with van der Waals surface area (Å²) in [5.74, 6) is 0.410. The molecule has 2 aromatic carbocycles. The van der Waals surface area contributed by atoms with Crippen LogP contribution < -0.4 is 8.27 Å². The van der Waals surface area contributed by atoms with Crippen LogP contribution in [-0.2, 0) is 7.86 Å². The second kappa shape index (κ2) is 8.54. The summed E-state index contributed by atoms with van der Waals surface area (Å²) in [6.07, 6.45) is 0. The van der Waals surface area contributed by atoms with Gasteiger partial charge in [0.05, 0.1) is 0 Å². The van der Waals surface area contributed by atoms with Gasteiger partial charge in [0.25, 0.3) is 0 Å². The van der Waals surface area contributed by atoms with E-state index in [-0.39, 0.29) is 20.2 Å². The molecule has 1 atom stereocenters. The molecule has 1 unspecified atom stereocenters. The average molecular weight is 475 g/mol. The summed E-state index contributed by atoms with van der Waals surface area (Å²) in [6.45, 7) is 1.41. The summed E-state index contributed by atoms with van der Waals surface area (Å²) < 4.78 is 30.9. The number of thioether (sulfide) groups is 1. The summed E-state index contributed by atoms with van der Waals surface area (Å²) in [5, 5.41) is -0.117. The van der Waals surface area contributed by atoms with Gasteiger partial charge in [-0.3, -0.25) is 0 Å². The number of hydrogen-bond acceptors (Lipinski definition) is 5. The summed E-state index contributed by atoms with van der Waals surface area (Å²) >= 11 is -3.68. The zero-order valence-electron chi connectivity index (χ0n) is 13.7. The van der Waals surface area contributed by atoms with E-state index in [0.717, 1.165) is 11.8 Å². The maximum atomic E-state index is 12.6. The number of Topliss-reactive ketones (excluding diaryl/α,β-unsaturated/α-hetero) is 1. The van der Waals surface area contributed by atoms with E-state index in [4.69, 9.17) is 4.74 Å². The van der Waals surface area contributed by atoms with Crippen molar-refractivity contribution in [1.82, 2.24) is 0 Å². The van der Waals surface area contributed by atoms with Crippen LogP contribution in [0.25, 0.3) is 0 Å². The Morgan fingerprint density at radius 3 is 2.48 bits per heavy atom. The van der Waals surface area contributed by atoms with Gasteiger partial charge in [-0.15, -0.1) is 0 Å². The van der Waals surface area contributed by atoms with Crippen LogP contribution in [0.1, 0.15) is 17.3 Å². The van der Waals surface area contributed by atoms with Gasteiger partial charge in [-0.1, -0.05) is 0 Å². The summed E-state index contributed by atoms with van der Waals surface area (Å²) in [5.41, 5.74) is 0.884. The van der Waals surface area contributed by atoms with Gasteiger partial charge < -0.3 is 0 Å². The number of halogens is 1. The number of carbonyl (C=O) groups is 2. The Balaban J connectivity index is 2.10. The zero-order valence-corrected chi connectivity index (χ0v) is 16.7. The second-order valence-electron chi connectivity index (χ2n) is 5.02. The normalized spacial score (nSPS) is 14.2. The molecule has 0 radical (unpaired) electrons. The molecule has 8 heteroatoms. The first kappa shape index (κ1) is 19.5. The molecule has 0 aliphatic rings. The van der Waals surface area contributed by atoms with Gasteiger partial charge >= 0.3 is 155 Å². The maximum absolute atomic E-state index is 12.6. The van der Waals surface area contributed by atoms with Crippen molar-refractivity contribution in [3.63, 3.8) is 0 Å². The molecule has 0 aromatic heterocycles. The van der Waals surface area contributed by atoms with Crippen molar-refractivity contribution in [3.05, 3.63) is 57.7 Å². The molecule has 0 heterocycles. The molecule has 0 aliphatic heterocycles. The van der Waals surface area contributed by atoms with Gasteiger partial charge in [-0.2, -0.15) is 0 Å². The first-order valence-electron chi connectivity index (χ1n) is 7.21. The van der Waals surface area contributed by atoms with Crippen LogP contribution in [-0.4, -0.2) is 27.2 Å². The van der Waals surface area contributed by atoms with Gasteiger partial charge in [-0.05, 0) is 0 Å². The van der Waals surface area contributed by atoms with Gasteiger partial charge in [0.1, 0.15) is 0 Å².